The number of thioether (sulfide) groups is 2. The van der Waals surface area contributed by atoms with Gasteiger partial charge in [0, 0.05) is 91.1 Å². The summed E-state index contributed by atoms with van der Waals surface area (Å²) in [5, 5.41) is 3.56. The Morgan fingerprint density at radius 1 is 0.303 bits per heavy atom. The number of likely N-dealkylation sites (N-methyl/N-ethyl adjacent to an activating group) is 2. The average molecular weight is 1700 g/mol. The van der Waals surface area contributed by atoms with Gasteiger partial charge in [-0.2, -0.15) is 0 Å². The van der Waals surface area contributed by atoms with E-state index in [0.29, 0.717) is 21.7 Å². The summed E-state index contributed by atoms with van der Waals surface area (Å²) in [6.45, 7) is 19.2. The molecule has 8 aromatic rings. The van der Waals surface area contributed by atoms with Crippen molar-refractivity contribution < 1.29 is 9.59 Å². The third kappa shape index (κ3) is 22.9. The Kier molecular flexibility index (Phi) is 35.9. The zero-order valence-electron chi connectivity index (χ0n) is 67.2. The molecule has 109 heavy (non-hydrogen) atoms. The monoisotopic (exact) mass is 1700 g/mol. The lowest BCUT2D eigenvalue weighted by atomic mass is 10.0. The Morgan fingerprint density at radius 2 is 0.569 bits per heavy atom. The smallest absolute Gasteiger partial charge is 0.266 e. The van der Waals surface area contributed by atoms with E-state index in [0.717, 1.165) is 45.2 Å². The summed E-state index contributed by atoms with van der Waals surface area (Å²) in [6, 6.07) is 28.3. The zero-order chi connectivity index (χ0) is 76.5. The number of amides is 2. The van der Waals surface area contributed by atoms with E-state index in [1.165, 1.54) is 348 Å². The SMILES string of the molecule is CCCCCCCCc1cc(/C=C2/SC(=S)N(CC)C2=O)sc1-c1ccc(-c2sc(-c3cc4c(s3)-c3sc(-c5cc(CCCCCCCC)c(-c6ccc(-c7sc(/C=C8/SC(=S)N(CC)C8=O)cc7CCCCCCCC)s6)s5)cc3[Si]4(CCCCCCCC)CCCCCCCC)cc2CCCCCCCC)s1. The predicted molar refractivity (Wildman–Crippen MR) is 508 cm³/mol. The Morgan fingerprint density at radius 3 is 0.872 bits per heavy atom. The lowest BCUT2D eigenvalue weighted by Gasteiger charge is -2.29. The minimum absolute atomic E-state index is 0.0426. The number of nitrogens with zero attached hydrogens (tertiary/aromatic N) is 2. The number of rotatable bonds is 52. The first kappa shape index (κ1) is 87.0. The average Bonchev–Trinajstić information content (AvgIpc) is 1.54. The van der Waals surface area contributed by atoms with Crippen LogP contribution in [0.2, 0.25) is 12.1 Å². The molecule has 3 aliphatic heterocycles. The first-order chi connectivity index (χ1) is 53.4. The zero-order valence-corrected chi connectivity index (χ0v) is 77.9. The van der Waals surface area contributed by atoms with Crippen molar-refractivity contribution in [2.24, 2.45) is 0 Å². The highest BCUT2D eigenvalue weighted by Crippen LogP contribution is 2.54. The van der Waals surface area contributed by atoms with Crippen molar-refractivity contribution >= 4 is 190 Å². The van der Waals surface area contributed by atoms with E-state index in [1.54, 1.807) is 29.9 Å². The largest absolute Gasteiger partial charge is 0.293 e. The Bertz CT molecular complexity index is 4010. The topological polar surface area (TPSA) is 40.6 Å². The van der Waals surface area contributed by atoms with E-state index in [9.17, 15) is 9.59 Å². The van der Waals surface area contributed by atoms with Gasteiger partial charge in [0.25, 0.3) is 11.8 Å². The van der Waals surface area contributed by atoms with Crippen LogP contribution >= 0.6 is 139 Å². The standard InChI is InChI=1S/C92H124N2O2S12Si/c1-9-17-23-29-35-41-47-65-57-69(61-79-89(95)93(15-7)91(97)107-79)99-83(65)71-51-53-73(101-71)85-67(49-43-37-31-25-19-11-3)59-75(103-85)77-63-81-87(105-77)88-82(109(81,55-45-39-33-27-21-13-5)56-46-40-34-28-22-14-6)64-78(106-88)76-60-68(50-44-38-32-26-20-12-4)86(104-76)74-54-52-72(102-74)84-66(48-42-36-30-24-18-10-2)58-70(100-84)62-80-90(96)94(16-8)92(98)108-80/h51-54,57-64H,9-50,55-56H2,1-8H3/b79-61+,80-62+. The summed E-state index contributed by atoms with van der Waals surface area (Å²) < 4.78 is 1.33. The molecule has 0 spiro atoms. The van der Waals surface area contributed by atoms with Gasteiger partial charge in [0.15, 0.2) is 0 Å². The van der Waals surface area contributed by atoms with Gasteiger partial charge in [-0.15, -0.1) is 90.7 Å². The van der Waals surface area contributed by atoms with Crippen LogP contribution in [0.25, 0.3) is 80.4 Å². The van der Waals surface area contributed by atoms with Crippen LogP contribution in [-0.4, -0.2) is 51.4 Å². The van der Waals surface area contributed by atoms with Crippen molar-refractivity contribution in [3.8, 4) is 68.3 Å². The maximum absolute atomic E-state index is 13.6. The second kappa shape index (κ2) is 45.0. The van der Waals surface area contributed by atoms with E-state index in [2.05, 4.69) is 160 Å². The molecule has 0 atom stereocenters. The lowest BCUT2D eigenvalue weighted by Crippen LogP contribution is -2.54. The number of hydrogen-bond donors (Lipinski definition) is 0. The molecule has 0 unspecified atom stereocenters. The molecule has 0 saturated carbocycles. The maximum Gasteiger partial charge on any atom is 0.266 e. The number of unbranched alkanes of at least 4 members (excludes halogenated alkanes) is 30. The Hall–Kier alpha value is -2.88. The van der Waals surface area contributed by atoms with Crippen molar-refractivity contribution in [2.45, 2.75) is 324 Å². The third-order valence-electron chi connectivity index (χ3n) is 22.6. The van der Waals surface area contributed by atoms with E-state index in [-0.39, 0.29) is 11.8 Å². The number of thiocarbonyl (C=S) groups is 2. The second-order valence-electron chi connectivity index (χ2n) is 31.0. The third-order valence-corrected chi connectivity index (χ3v) is 41.3. The van der Waals surface area contributed by atoms with Gasteiger partial charge in [-0.25, -0.2) is 0 Å². The molecule has 2 fully saturated rings. The van der Waals surface area contributed by atoms with Crippen LogP contribution < -0.4 is 10.4 Å². The normalized spacial score (nSPS) is 15.0. The van der Waals surface area contributed by atoms with Gasteiger partial charge in [-0.05, 0) is 183 Å². The molecular weight excluding hydrogens is 1580 g/mol. The molecule has 590 valence electrons. The van der Waals surface area contributed by atoms with Crippen LogP contribution in [0.15, 0.2) is 70.5 Å². The van der Waals surface area contributed by atoms with Gasteiger partial charge in [0.05, 0.1) is 9.81 Å². The number of thiophene rings is 8. The van der Waals surface area contributed by atoms with Gasteiger partial charge in [0.1, 0.15) is 16.7 Å². The van der Waals surface area contributed by atoms with Gasteiger partial charge in [-0.3, -0.25) is 19.4 Å². The van der Waals surface area contributed by atoms with Crippen LogP contribution in [0.4, 0.5) is 0 Å². The fraction of sp³-hybridized carbons (Fsp3) is 0.565. The van der Waals surface area contributed by atoms with Crippen LogP contribution in [0, 0.1) is 0 Å². The molecule has 2 amide bonds. The van der Waals surface area contributed by atoms with Gasteiger partial charge in [0.2, 0.25) is 0 Å². The summed E-state index contributed by atoms with van der Waals surface area (Å²) in [5.74, 6) is 0.0851. The van der Waals surface area contributed by atoms with E-state index < -0.39 is 8.07 Å². The van der Waals surface area contributed by atoms with Crippen LogP contribution in [0.3, 0.4) is 0 Å². The van der Waals surface area contributed by atoms with Crippen molar-refractivity contribution in [2.75, 3.05) is 13.1 Å². The van der Waals surface area contributed by atoms with E-state index in [4.69, 9.17) is 24.4 Å². The highest BCUT2D eigenvalue weighted by molar-refractivity contribution is 8.27. The van der Waals surface area contributed by atoms with Crippen molar-refractivity contribution in [3.05, 3.63) is 102 Å². The van der Waals surface area contributed by atoms with Gasteiger partial charge >= 0.3 is 0 Å². The predicted octanol–water partition coefficient (Wildman–Crippen LogP) is 32.5. The number of fused-ring (bicyclic) bond motifs is 3. The molecular formula is C92H124N2O2S12Si. The number of hydrogen-bond acceptors (Lipinski definition) is 14. The van der Waals surface area contributed by atoms with E-state index in [1.807, 2.05) is 59.2 Å². The number of carbonyl (C=O) groups is 2. The Balaban J connectivity index is 0.975. The van der Waals surface area contributed by atoms with Crippen molar-refractivity contribution in [3.63, 3.8) is 0 Å². The summed E-state index contributed by atoms with van der Waals surface area (Å²) in [7, 11) is -2.24. The second-order valence-corrected chi connectivity index (χ2v) is 47.1. The molecule has 2 saturated heterocycles. The summed E-state index contributed by atoms with van der Waals surface area (Å²) in [5.41, 5.74) is 5.93. The Labute approximate surface area is 710 Å². The number of aryl methyl sites for hydroxylation is 4. The summed E-state index contributed by atoms with van der Waals surface area (Å²) >= 11 is 30.5. The molecule has 11 heterocycles. The van der Waals surface area contributed by atoms with E-state index >= 15 is 0 Å². The lowest BCUT2D eigenvalue weighted by molar-refractivity contribution is -0.122. The molecule has 0 aliphatic carbocycles. The molecule has 17 heteroatoms. The summed E-state index contributed by atoms with van der Waals surface area (Å²) in [4.78, 5) is 54.9. The van der Waals surface area contributed by atoms with Crippen LogP contribution in [0.1, 0.15) is 319 Å². The highest BCUT2D eigenvalue weighted by atomic mass is 32.2. The fourth-order valence-electron chi connectivity index (χ4n) is 16.4. The molecule has 11 rings (SSSR count). The molecule has 0 aromatic carbocycles. The first-order valence-corrected chi connectivity index (χ1v) is 54.3. The maximum atomic E-state index is 13.6. The molecule has 0 N–H and O–H groups in total. The molecule has 8 aromatic heterocycles. The summed E-state index contributed by atoms with van der Waals surface area (Å²) in [6.07, 6.45) is 55.4. The minimum Gasteiger partial charge on any atom is -0.293 e. The number of carbonyl (C=O) groups excluding carboxylic acids is 2. The van der Waals surface area contributed by atoms with Crippen LogP contribution in [-0.2, 0) is 35.3 Å². The van der Waals surface area contributed by atoms with Crippen LogP contribution in [0.5, 0.6) is 0 Å². The van der Waals surface area contributed by atoms with Gasteiger partial charge < -0.3 is 0 Å². The molecule has 3 aliphatic rings. The molecule has 4 nitrogen and oxygen atoms in total. The van der Waals surface area contributed by atoms with Gasteiger partial charge in [-0.1, -0.05) is 295 Å². The van der Waals surface area contributed by atoms with Crippen molar-refractivity contribution in [1.29, 1.82) is 0 Å². The minimum atomic E-state index is -2.24. The molecule has 0 bridgehead atoms. The highest BCUT2D eigenvalue weighted by Gasteiger charge is 2.48. The fourth-order valence-corrected chi connectivity index (χ4v) is 36.2. The quantitative estimate of drug-likeness (QED) is 0.0164. The van der Waals surface area contributed by atoms with Crippen molar-refractivity contribution in [1.82, 2.24) is 9.80 Å². The molecule has 0 radical (unpaired) electrons. The first-order valence-electron chi connectivity index (χ1n) is 42.9.